The fourth-order valence-corrected chi connectivity index (χ4v) is 2.24. The normalized spacial score (nSPS) is 10.5. The van der Waals surface area contributed by atoms with Gasteiger partial charge in [-0.3, -0.25) is 4.90 Å². The number of hydrogen-bond acceptors (Lipinski definition) is 2. The van der Waals surface area contributed by atoms with Gasteiger partial charge in [-0.15, -0.1) is 13.2 Å². The summed E-state index contributed by atoms with van der Waals surface area (Å²) in [7, 11) is 0. The van der Waals surface area contributed by atoms with Crippen molar-refractivity contribution in [2.24, 2.45) is 0 Å². The first-order valence-electron chi connectivity index (χ1n) is 6.23. The first-order valence-corrected chi connectivity index (χ1v) is 6.23. The summed E-state index contributed by atoms with van der Waals surface area (Å²) in [5.74, 6) is 0. The lowest BCUT2D eigenvalue weighted by Gasteiger charge is -2.17. The van der Waals surface area contributed by atoms with Crippen molar-refractivity contribution in [1.82, 2.24) is 9.30 Å². The molecule has 0 saturated heterocycles. The molecule has 0 aliphatic carbocycles. The Bertz CT molecular complexity index is 621. The number of rotatable bonds is 6. The molecular weight excluding hydrogens is 234 g/mol. The first kappa shape index (κ1) is 13.1. The highest BCUT2D eigenvalue weighted by Crippen LogP contribution is 2.19. The number of pyridine rings is 1. The molecule has 2 aromatic heterocycles. The Labute approximate surface area is 113 Å². The minimum Gasteiger partial charge on any atom is -0.322 e. The van der Waals surface area contributed by atoms with Crippen molar-refractivity contribution in [2.45, 2.75) is 6.54 Å². The van der Waals surface area contributed by atoms with E-state index in [1.54, 1.807) is 0 Å². The topological polar surface area (TPSA) is 31.4 Å². The molecule has 2 heterocycles. The third-order valence-electron chi connectivity index (χ3n) is 3.04. The highest BCUT2D eigenvalue weighted by atomic mass is 15.1. The van der Waals surface area contributed by atoms with Crippen LogP contribution in [-0.2, 0) is 6.54 Å². The van der Waals surface area contributed by atoms with Gasteiger partial charge in [-0.2, -0.15) is 5.26 Å². The summed E-state index contributed by atoms with van der Waals surface area (Å²) in [6, 6.07) is 8.19. The summed E-state index contributed by atoms with van der Waals surface area (Å²) >= 11 is 0. The quantitative estimate of drug-likeness (QED) is 0.739. The van der Waals surface area contributed by atoms with E-state index in [-0.39, 0.29) is 0 Å². The predicted molar refractivity (Wildman–Crippen MR) is 77.8 cm³/mol. The second kappa shape index (κ2) is 6.03. The van der Waals surface area contributed by atoms with Crippen molar-refractivity contribution in [2.75, 3.05) is 13.1 Å². The molecular formula is C16H17N3. The molecule has 19 heavy (non-hydrogen) atoms. The zero-order chi connectivity index (χ0) is 13.7. The molecule has 0 bridgehead atoms. The molecule has 0 amide bonds. The molecule has 3 nitrogen and oxygen atoms in total. The Morgan fingerprint density at radius 2 is 2.00 bits per heavy atom. The van der Waals surface area contributed by atoms with Crippen molar-refractivity contribution < 1.29 is 0 Å². The van der Waals surface area contributed by atoms with Crippen molar-refractivity contribution in [3.63, 3.8) is 0 Å². The Balaban J connectivity index is 2.36. The summed E-state index contributed by atoms with van der Waals surface area (Å²) in [5.41, 5.74) is 2.74. The van der Waals surface area contributed by atoms with Crippen LogP contribution in [0.15, 0.2) is 55.9 Å². The number of nitriles is 1. The number of aromatic nitrogens is 1. The third kappa shape index (κ3) is 2.75. The van der Waals surface area contributed by atoms with Gasteiger partial charge in [0.25, 0.3) is 0 Å². The summed E-state index contributed by atoms with van der Waals surface area (Å²) in [5, 5.41) is 9.36. The first-order chi connectivity index (χ1) is 9.30. The monoisotopic (exact) mass is 251 g/mol. The van der Waals surface area contributed by atoms with E-state index in [1.165, 1.54) is 0 Å². The standard InChI is InChI=1S/C16H17N3/c1-3-8-18(9-4-2)12-14-13-19-10-6-5-7-16(19)15(14)11-17/h3-7,10,13H,1-2,8-9,12H2. The molecule has 0 atom stereocenters. The van der Waals surface area contributed by atoms with Crippen LogP contribution in [0.1, 0.15) is 11.1 Å². The smallest absolute Gasteiger partial charge is 0.102 e. The molecule has 0 spiro atoms. The molecule has 0 unspecified atom stereocenters. The maximum absolute atomic E-state index is 9.36. The van der Waals surface area contributed by atoms with Crippen LogP contribution >= 0.6 is 0 Å². The average Bonchev–Trinajstić information content (AvgIpc) is 2.76. The maximum atomic E-state index is 9.36. The van der Waals surface area contributed by atoms with Crippen LogP contribution in [0.2, 0.25) is 0 Å². The SMILES string of the molecule is C=CCN(CC=C)Cc1cn2ccccc2c1C#N. The lowest BCUT2D eigenvalue weighted by atomic mass is 10.1. The van der Waals surface area contributed by atoms with Crippen LogP contribution in [0.4, 0.5) is 0 Å². The van der Waals surface area contributed by atoms with Crippen molar-refractivity contribution >= 4 is 5.52 Å². The Kier molecular flexibility index (Phi) is 4.17. The van der Waals surface area contributed by atoms with Gasteiger partial charge in [-0.1, -0.05) is 18.2 Å². The Morgan fingerprint density at radius 1 is 1.26 bits per heavy atom. The molecule has 3 heteroatoms. The van der Waals surface area contributed by atoms with Crippen molar-refractivity contribution in [3.05, 3.63) is 67.0 Å². The van der Waals surface area contributed by atoms with Gasteiger partial charge in [0.15, 0.2) is 0 Å². The van der Waals surface area contributed by atoms with Crippen LogP contribution in [0.25, 0.3) is 5.52 Å². The summed E-state index contributed by atoms with van der Waals surface area (Å²) in [4.78, 5) is 2.19. The average molecular weight is 251 g/mol. The molecule has 0 fully saturated rings. The number of hydrogen-bond donors (Lipinski definition) is 0. The highest BCUT2D eigenvalue weighted by Gasteiger charge is 2.12. The van der Waals surface area contributed by atoms with Gasteiger partial charge >= 0.3 is 0 Å². The molecule has 0 aliphatic heterocycles. The minimum atomic E-state index is 0.725. The van der Waals surface area contributed by atoms with Crippen LogP contribution in [0, 0.1) is 11.3 Å². The van der Waals surface area contributed by atoms with E-state index in [2.05, 4.69) is 24.1 Å². The molecule has 0 saturated carbocycles. The van der Waals surface area contributed by atoms with Gasteiger partial charge in [0.05, 0.1) is 11.1 Å². The molecule has 0 aromatic carbocycles. The van der Waals surface area contributed by atoms with Crippen LogP contribution < -0.4 is 0 Å². The maximum Gasteiger partial charge on any atom is 0.102 e. The van der Waals surface area contributed by atoms with E-state index in [0.29, 0.717) is 0 Å². The Hall–Kier alpha value is -2.31. The molecule has 2 aromatic rings. The van der Waals surface area contributed by atoms with E-state index >= 15 is 0 Å². The minimum absolute atomic E-state index is 0.725. The summed E-state index contributed by atoms with van der Waals surface area (Å²) < 4.78 is 1.99. The van der Waals surface area contributed by atoms with E-state index < -0.39 is 0 Å². The molecule has 0 radical (unpaired) electrons. The molecule has 0 N–H and O–H groups in total. The fraction of sp³-hybridized carbons (Fsp3) is 0.188. The largest absolute Gasteiger partial charge is 0.322 e. The van der Waals surface area contributed by atoms with Gasteiger partial charge in [-0.25, -0.2) is 0 Å². The van der Waals surface area contributed by atoms with Gasteiger partial charge in [-0.05, 0) is 12.1 Å². The van der Waals surface area contributed by atoms with Crippen molar-refractivity contribution in [3.8, 4) is 6.07 Å². The second-order valence-corrected chi connectivity index (χ2v) is 4.41. The summed E-state index contributed by atoms with van der Waals surface area (Å²) in [6.45, 7) is 9.81. The number of nitrogens with zero attached hydrogens (tertiary/aromatic N) is 3. The lowest BCUT2D eigenvalue weighted by molar-refractivity contribution is 0.327. The molecule has 96 valence electrons. The number of fused-ring (bicyclic) bond motifs is 1. The van der Waals surface area contributed by atoms with E-state index in [0.717, 1.165) is 36.3 Å². The highest BCUT2D eigenvalue weighted by molar-refractivity contribution is 5.65. The van der Waals surface area contributed by atoms with Crippen molar-refractivity contribution in [1.29, 1.82) is 5.26 Å². The Morgan fingerprint density at radius 3 is 2.63 bits per heavy atom. The van der Waals surface area contributed by atoms with Crippen LogP contribution in [-0.4, -0.2) is 22.4 Å². The second-order valence-electron chi connectivity index (χ2n) is 4.41. The van der Waals surface area contributed by atoms with E-state index in [4.69, 9.17) is 0 Å². The third-order valence-corrected chi connectivity index (χ3v) is 3.04. The zero-order valence-corrected chi connectivity index (χ0v) is 10.9. The molecule has 0 aliphatic rings. The van der Waals surface area contributed by atoms with E-state index in [9.17, 15) is 5.26 Å². The van der Waals surface area contributed by atoms with Gasteiger partial charge in [0, 0.05) is 37.6 Å². The predicted octanol–water partition coefficient (Wildman–Crippen LogP) is 2.98. The zero-order valence-electron chi connectivity index (χ0n) is 10.9. The van der Waals surface area contributed by atoms with E-state index in [1.807, 2.05) is 47.1 Å². The fourth-order valence-electron chi connectivity index (χ4n) is 2.24. The lowest BCUT2D eigenvalue weighted by Crippen LogP contribution is -2.23. The van der Waals surface area contributed by atoms with Gasteiger partial charge in [0.1, 0.15) is 6.07 Å². The van der Waals surface area contributed by atoms with Gasteiger partial charge < -0.3 is 4.40 Å². The van der Waals surface area contributed by atoms with Crippen LogP contribution in [0.5, 0.6) is 0 Å². The van der Waals surface area contributed by atoms with Crippen LogP contribution in [0.3, 0.4) is 0 Å². The molecule has 2 rings (SSSR count). The summed E-state index contributed by atoms with van der Waals surface area (Å²) in [6.07, 6.45) is 7.72. The van der Waals surface area contributed by atoms with Gasteiger partial charge in [0.2, 0.25) is 0 Å².